The number of amides is 1. The smallest absolute Gasteiger partial charge is 0.265 e. The van der Waals surface area contributed by atoms with Crippen molar-refractivity contribution < 1.29 is 19.0 Å². The first-order valence-corrected chi connectivity index (χ1v) is 7.78. The van der Waals surface area contributed by atoms with Crippen LogP contribution in [0.15, 0.2) is 36.4 Å². The van der Waals surface area contributed by atoms with E-state index in [1.165, 1.54) is 14.2 Å². The zero-order valence-electron chi connectivity index (χ0n) is 14.1. The van der Waals surface area contributed by atoms with Gasteiger partial charge in [-0.15, -0.1) is 0 Å². The number of rotatable bonds is 6. The Labute approximate surface area is 146 Å². The summed E-state index contributed by atoms with van der Waals surface area (Å²) < 4.78 is 16.1. The Kier molecular flexibility index (Phi) is 5.93. The van der Waals surface area contributed by atoms with E-state index < -0.39 is 6.10 Å². The van der Waals surface area contributed by atoms with E-state index in [-0.39, 0.29) is 5.91 Å². The Morgan fingerprint density at radius 2 is 1.75 bits per heavy atom. The zero-order valence-corrected chi connectivity index (χ0v) is 14.8. The average Bonchev–Trinajstić information content (AvgIpc) is 2.57. The maximum atomic E-state index is 12.4. The van der Waals surface area contributed by atoms with E-state index in [4.69, 9.17) is 25.8 Å². The Morgan fingerprint density at radius 3 is 2.38 bits per heavy atom. The second kappa shape index (κ2) is 7.93. The quantitative estimate of drug-likeness (QED) is 0.854. The van der Waals surface area contributed by atoms with Gasteiger partial charge in [0.25, 0.3) is 5.91 Å². The lowest BCUT2D eigenvalue weighted by molar-refractivity contribution is -0.122. The summed E-state index contributed by atoms with van der Waals surface area (Å²) in [6, 6.07) is 10.7. The third-order valence-electron chi connectivity index (χ3n) is 3.50. The molecule has 5 nitrogen and oxygen atoms in total. The molecule has 0 saturated heterocycles. The van der Waals surface area contributed by atoms with Crippen molar-refractivity contribution in [1.82, 2.24) is 0 Å². The third-order valence-corrected chi connectivity index (χ3v) is 3.79. The van der Waals surface area contributed by atoms with Crippen LogP contribution in [0.5, 0.6) is 17.2 Å². The maximum Gasteiger partial charge on any atom is 0.265 e. The molecular formula is C18H20ClNO4. The number of hydrogen-bond donors (Lipinski definition) is 1. The van der Waals surface area contributed by atoms with Gasteiger partial charge in [-0.1, -0.05) is 29.8 Å². The molecule has 24 heavy (non-hydrogen) atoms. The minimum atomic E-state index is -0.684. The Morgan fingerprint density at radius 1 is 1.08 bits per heavy atom. The molecule has 0 aliphatic carbocycles. The van der Waals surface area contributed by atoms with Gasteiger partial charge in [0.15, 0.2) is 6.10 Å². The van der Waals surface area contributed by atoms with Crippen molar-refractivity contribution in [3.63, 3.8) is 0 Å². The lowest BCUT2D eigenvalue weighted by Crippen LogP contribution is -2.30. The van der Waals surface area contributed by atoms with Gasteiger partial charge in [-0.2, -0.15) is 0 Å². The van der Waals surface area contributed by atoms with Crippen LogP contribution in [0.1, 0.15) is 12.5 Å². The van der Waals surface area contributed by atoms with Gasteiger partial charge in [0.2, 0.25) is 0 Å². The average molecular weight is 350 g/mol. The molecule has 1 amide bonds. The molecule has 128 valence electrons. The molecule has 6 heteroatoms. The summed E-state index contributed by atoms with van der Waals surface area (Å²) >= 11 is 6.11. The van der Waals surface area contributed by atoms with Crippen molar-refractivity contribution in [3.05, 3.63) is 47.0 Å². The molecule has 0 saturated carbocycles. The molecule has 0 fully saturated rings. The Balaban J connectivity index is 2.14. The normalized spacial score (nSPS) is 11.5. The van der Waals surface area contributed by atoms with Crippen LogP contribution in [0.4, 0.5) is 5.69 Å². The van der Waals surface area contributed by atoms with Crippen LogP contribution in [0.2, 0.25) is 5.02 Å². The van der Waals surface area contributed by atoms with E-state index in [2.05, 4.69) is 5.32 Å². The molecule has 0 aliphatic rings. The van der Waals surface area contributed by atoms with Crippen molar-refractivity contribution in [2.75, 3.05) is 19.5 Å². The predicted octanol–water partition coefficient (Wildman–Crippen LogP) is 4.07. The third kappa shape index (κ3) is 4.11. The summed E-state index contributed by atoms with van der Waals surface area (Å²) in [5.74, 6) is 1.28. The zero-order chi connectivity index (χ0) is 17.7. The number of anilines is 1. The number of methoxy groups -OCH3 is 2. The number of nitrogens with one attached hydrogen (secondary N) is 1. The van der Waals surface area contributed by atoms with Crippen molar-refractivity contribution in [2.45, 2.75) is 20.0 Å². The first-order chi connectivity index (χ1) is 11.5. The van der Waals surface area contributed by atoms with Gasteiger partial charge >= 0.3 is 0 Å². The van der Waals surface area contributed by atoms with E-state index in [1.807, 2.05) is 31.2 Å². The van der Waals surface area contributed by atoms with Crippen LogP contribution in [0.3, 0.4) is 0 Å². The summed E-state index contributed by atoms with van der Waals surface area (Å²) in [6.07, 6.45) is -0.684. The topological polar surface area (TPSA) is 56.8 Å². The molecule has 0 aliphatic heterocycles. The summed E-state index contributed by atoms with van der Waals surface area (Å²) in [5.41, 5.74) is 1.41. The molecular weight excluding hydrogens is 330 g/mol. The highest BCUT2D eigenvalue weighted by atomic mass is 35.5. The minimum Gasteiger partial charge on any atom is -0.495 e. The first-order valence-electron chi connectivity index (χ1n) is 7.41. The molecule has 1 atom stereocenters. The van der Waals surface area contributed by atoms with Gasteiger partial charge < -0.3 is 19.5 Å². The van der Waals surface area contributed by atoms with Crippen molar-refractivity contribution in [2.24, 2.45) is 0 Å². The highest BCUT2D eigenvalue weighted by molar-refractivity contribution is 6.32. The summed E-state index contributed by atoms with van der Waals surface area (Å²) in [6.45, 7) is 3.60. The maximum absolute atomic E-state index is 12.4. The molecule has 0 spiro atoms. The molecule has 2 rings (SSSR count). The van der Waals surface area contributed by atoms with Gasteiger partial charge in [0.05, 0.1) is 24.9 Å². The van der Waals surface area contributed by atoms with Crippen LogP contribution < -0.4 is 19.5 Å². The van der Waals surface area contributed by atoms with Crippen LogP contribution in [0, 0.1) is 6.92 Å². The molecule has 2 aromatic carbocycles. The SMILES string of the molecule is COc1cc(OC)c(NC(=O)[C@@H](C)Oc2ccccc2C)cc1Cl. The fourth-order valence-corrected chi connectivity index (χ4v) is 2.37. The van der Waals surface area contributed by atoms with Gasteiger partial charge in [0, 0.05) is 6.07 Å². The van der Waals surface area contributed by atoms with Gasteiger partial charge in [0.1, 0.15) is 17.2 Å². The van der Waals surface area contributed by atoms with E-state index in [9.17, 15) is 4.79 Å². The second-order valence-corrected chi connectivity index (χ2v) is 5.61. The van der Waals surface area contributed by atoms with Crippen LogP contribution >= 0.6 is 11.6 Å². The fourth-order valence-electron chi connectivity index (χ4n) is 2.12. The minimum absolute atomic E-state index is 0.308. The summed E-state index contributed by atoms with van der Waals surface area (Å²) in [4.78, 5) is 12.4. The summed E-state index contributed by atoms with van der Waals surface area (Å²) in [5, 5.41) is 3.14. The van der Waals surface area contributed by atoms with Crippen molar-refractivity contribution in [3.8, 4) is 17.2 Å². The number of ether oxygens (including phenoxy) is 3. The largest absolute Gasteiger partial charge is 0.495 e. The number of carbonyl (C=O) groups excluding carboxylic acids is 1. The fraction of sp³-hybridized carbons (Fsp3) is 0.278. The second-order valence-electron chi connectivity index (χ2n) is 5.20. The first kappa shape index (κ1) is 17.9. The van der Waals surface area contributed by atoms with Crippen LogP contribution in [-0.2, 0) is 4.79 Å². The number of carbonyl (C=O) groups is 1. The van der Waals surface area contributed by atoms with Gasteiger partial charge in [-0.05, 0) is 31.5 Å². The van der Waals surface area contributed by atoms with Crippen molar-refractivity contribution in [1.29, 1.82) is 0 Å². The lowest BCUT2D eigenvalue weighted by Gasteiger charge is -2.18. The van der Waals surface area contributed by atoms with Crippen LogP contribution in [-0.4, -0.2) is 26.2 Å². The Bertz CT molecular complexity index is 733. The molecule has 0 bridgehead atoms. The number of hydrogen-bond acceptors (Lipinski definition) is 4. The molecule has 0 heterocycles. The van der Waals surface area contributed by atoms with Crippen molar-refractivity contribution >= 4 is 23.2 Å². The monoisotopic (exact) mass is 349 g/mol. The van der Waals surface area contributed by atoms with E-state index in [1.54, 1.807) is 19.1 Å². The summed E-state index contributed by atoms with van der Waals surface area (Å²) in [7, 11) is 3.02. The van der Waals surface area contributed by atoms with E-state index in [0.717, 1.165) is 5.56 Å². The van der Waals surface area contributed by atoms with Gasteiger partial charge in [-0.3, -0.25) is 4.79 Å². The van der Waals surface area contributed by atoms with E-state index >= 15 is 0 Å². The molecule has 0 unspecified atom stereocenters. The molecule has 1 N–H and O–H groups in total. The lowest BCUT2D eigenvalue weighted by atomic mass is 10.2. The Hall–Kier alpha value is -2.40. The molecule has 0 radical (unpaired) electrons. The number of para-hydroxylation sites is 1. The van der Waals surface area contributed by atoms with E-state index in [0.29, 0.717) is 28.0 Å². The molecule has 2 aromatic rings. The number of benzene rings is 2. The number of halogens is 1. The number of aryl methyl sites for hydroxylation is 1. The molecule has 0 aromatic heterocycles. The predicted molar refractivity (Wildman–Crippen MR) is 94.5 cm³/mol. The van der Waals surface area contributed by atoms with Gasteiger partial charge in [-0.25, -0.2) is 0 Å². The highest BCUT2D eigenvalue weighted by Gasteiger charge is 2.19. The van der Waals surface area contributed by atoms with Crippen LogP contribution in [0.25, 0.3) is 0 Å². The highest BCUT2D eigenvalue weighted by Crippen LogP contribution is 2.36. The standard InChI is InChI=1S/C18H20ClNO4/c1-11-7-5-6-8-15(11)24-12(2)18(21)20-14-9-13(19)16(22-3)10-17(14)23-4/h5-10,12H,1-4H3,(H,20,21)/t12-/m1/s1.